The van der Waals surface area contributed by atoms with E-state index in [1.165, 1.54) is 268 Å². The Morgan fingerprint density at radius 1 is 0.305 bits per heavy atom. The minimum absolute atomic E-state index is 0.965. The number of unbranched alkanes of at least 4 members (excludes halogenated alkanes) is 42. The van der Waals surface area contributed by atoms with E-state index >= 15 is 0 Å². The summed E-state index contributed by atoms with van der Waals surface area (Å²) < 4.78 is 25.3. The molecule has 0 atom stereocenters. The lowest BCUT2D eigenvalue weighted by molar-refractivity contribution is 0.347. The first-order valence-electron chi connectivity index (χ1n) is 26.8. The summed E-state index contributed by atoms with van der Waals surface area (Å²) in [6.45, 7) is 3.55. The van der Waals surface area contributed by atoms with E-state index in [4.69, 9.17) is 9.05 Å². The van der Waals surface area contributed by atoms with E-state index in [2.05, 4.69) is 26.8 Å². The molecule has 0 unspecified atom stereocenters. The van der Waals surface area contributed by atoms with Gasteiger partial charge < -0.3 is 9.05 Å². The van der Waals surface area contributed by atoms with Crippen molar-refractivity contribution in [1.82, 2.24) is 0 Å². The molecule has 0 aliphatic heterocycles. The van der Waals surface area contributed by atoms with Crippen LogP contribution in [0.15, 0.2) is 36.2 Å². The molecule has 0 amide bonds. The Bertz CT molecular complexity index is 803. The third-order valence-corrected chi connectivity index (χ3v) is 15.0. The van der Waals surface area contributed by atoms with Crippen LogP contribution in [0.1, 0.15) is 310 Å². The quantitative estimate of drug-likeness (QED) is 0.0347. The van der Waals surface area contributed by atoms with Crippen LogP contribution in [0, 0.1) is 0 Å². The summed E-state index contributed by atoms with van der Waals surface area (Å²) in [6.07, 6.45) is 70.1. The van der Waals surface area contributed by atoms with Crippen molar-refractivity contribution in [2.75, 3.05) is 0 Å². The second-order valence-electron chi connectivity index (χ2n) is 18.0. The maximum Gasteiger partial charge on any atom is 0.495 e. The van der Waals surface area contributed by atoms with Gasteiger partial charge in [0.05, 0.1) is 12.5 Å². The molecule has 0 aliphatic carbocycles. The fraction of sp³-hybridized carbons (Fsp3) is 0.889. The van der Waals surface area contributed by atoms with Crippen LogP contribution in [0.25, 0.3) is 0 Å². The molecule has 0 aromatic carbocycles. The molecule has 0 rings (SSSR count). The van der Waals surface area contributed by atoms with E-state index < -0.39 is 6.80 Å². The van der Waals surface area contributed by atoms with Gasteiger partial charge in [-0.05, 0) is 56.1 Å². The van der Waals surface area contributed by atoms with Crippen LogP contribution < -0.4 is 0 Å². The van der Waals surface area contributed by atoms with Gasteiger partial charge >= 0.3 is 6.80 Å². The summed E-state index contributed by atoms with van der Waals surface area (Å²) in [5.74, 6) is 0. The van der Waals surface area contributed by atoms with E-state index in [1.807, 2.05) is 17.6 Å². The first-order valence-corrected chi connectivity index (χ1v) is 29.8. The van der Waals surface area contributed by atoms with Crippen molar-refractivity contribution in [3.8, 4) is 0 Å². The molecule has 5 heteroatoms. The minimum Gasteiger partial charge on any atom is -0.417 e. The van der Waals surface area contributed by atoms with Crippen LogP contribution in [-0.2, 0) is 13.6 Å². The molecule has 0 aromatic rings. The van der Waals surface area contributed by atoms with Crippen molar-refractivity contribution in [2.45, 2.75) is 310 Å². The van der Waals surface area contributed by atoms with Gasteiger partial charge in [-0.15, -0.1) is 0 Å². The monoisotopic (exact) mass is 865 g/mol. The molecule has 0 radical (unpaired) electrons. The van der Waals surface area contributed by atoms with Gasteiger partial charge in [0, 0.05) is 11.4 Å². The topological polar surface area (TPSA) is 35.5 Å². The van der Waals surface area contributed by atoms with Crippen LogP contribution in [0.5, 0.6) is 0 Å². The smallest absolute Gasteiger partial charge is 0.417 e. The van der Waals surface area contributed by atoms with Crippen LogP contribution in [0.2, 0.25) is 0 Å². The molecule has 0 saturated heterocycles. The third-order valence-electron chi connectivity index (χ3n) is 12.0. The Labute approximate surface area is 376 Å². The number of hydrogen-bond acceptors (Lipinski definition) is 4. The van der Waals surface area contributed by atoms with E-state index in [9.17, 15) is 4.57 Å². The van der Waals surface area contributed by atoms with Crippen molar-refractivity contribution in [2.24, 2.45) is 0 Å². The number of hydrogen-bond donors (Lipinski definition) is 0. The van der Waals surface area contributed by atoms with E-state index in [1.54, 1.807) is 12.5 Å². The third kappa shape index (κ3) is 49.9. The highest BCUT2D eigenvalue weighted by Crippen LogP contribution is 2.61. The molecule has 0 saturated carbocycles. The zero-order valence-electron chi connectivity index (χ0n) is 40.4. The number of allylic oxidation sites excluding steroid dienone is 3. The van der Waals surface area contributed by atoms with Gasteiger partial charge in [-0.25, -0.2) is 4.57 Å². The molecule has 3 nitrogen and oxygen atoms in total. The lowest BCUT2D eigenvalue weighted by Crippen LogP contribution is -1.84. The van der Waals surface area contributed by atoms with Crippen LogP contribution in [0.4, 0.5) is 0 Å². The van der Waals surface area contributed by atoms with Gasteiger partial charge in [-0.2, -0.15) is 0 Å². The highest BCUT2D eigenvalue weighted by atomic mass is 32.7. The average molecular weight is 865 g/mol. The fourth-order valence-electron chi connectivity index (χ4n) is 8.00. The first-order chi connectivity index (χ1) is 29.2. The Balaban J connectivity index is 4.27. The van der Waals surface area contributed by atoms with E-state index in [0.717, 1.165) is 32.1 Å². The van der Waals surface area contributed by atoms with E-state index in [0.29, 0.717) is 0 Å². The van der Waals surface area contributed by atoms with Crippen molar-refractivity contribution < 1.29 is 13.6 Å². The second-order valence-corrected chi connectivity index (χ2v) is 21.8. The molecule has 0 heterocycles. The zero-order chi connectivity index (χ0) is 42.7. The molecule has 59 heavy (non-hydrogen) atoms. The zero-order valence-corrected chi connectivity index (χ0v) is 42.1. The molecule has 0 bridgehead atoms. The number of rotatable bonds is 51. The fourth-order valence-corrected chi connectivity index (χ4v) is 10.3. The van der Waals surface area contributed by atoms with Crippen LogP contribution >= 0.6 is 18.2 Å². The van der Waals surface area contributed by atoms with Gasteiger partial charge in [0.25, 0.3) is 0 Å². The normalized spacial score (nSPS) is 12.3. The van der Waals surface area contributed by atoms with E-state index in [-0.39, 0.29) is 0 Å². The van der Waals surface area contributed by atoms with Gasteiger partial charge in [0.2, 0.25) is 0 Å². The lowest BCUT2D eigenvalue weighted by Gasteiger charge is -2.12. The molecule has 0 fully saturated rings. The summed E-state index contributed by atoms with van der Waals surface area (Å²) in [5.41, 5.74) is 0. The SMILES string of the molecule is CCCCCCCCCCCCCCCC/C=C/OP(=O)(O/C=C/CCCCCCCCCCCCCCCC)S/C=C/CCCCCCCCCCCCCCCC. The van der Waals surface area contributed by atoms with Crippen molar-refractivity contribution >= 4 is 18.2 Å². The predicted octanol–water partition coefficient (Wildman–Crippen LogP) is 22.0. The highest BCUT2D eigenvalue weighted by molar-refractivity contribution is 8.56. The maximum absolute atomic E-state index is 13.7. The van der Waals surface area contributed by atoms with Crippen LogP contribution in [-0.4, -0.2) is 0 Å². The molecule has 0 aliphatic rings. The second kappa shape index (κ2) is 51.7. The summed E-state index contributed by atoms with van der Waals surface area (Å²) in [4.78, 5) is 0. The maximum atomic E-state index is 13.7. The molecule has 0 spiro atoms. The van der Waals surface area contributed by atoms with Crippen LogP contribution in [0.3, 0.4) is 0 Å². The Morgan fingerprint density at radius 2 is 0.508 bits per heavy atom. The van der Waals surface area contributed by atoms with Gasteiger partial charge in [0.15, 0.2) is 0 Å². The predicted molar refractivity (Wildman–Crippen MR) is 270 cm³/mol. The summed E-state index contributed by atoms with van der Waals surface area (Å²) in [7, 11) is 0. The standard InChI is InChI=1S/C54H105O3PS/c1-4-7-10-13-16-19-22-25-28-31-34-37-40-43-46-49-52-56-58(55,57-53-50-47-44-41-38-35-32-29-26-23-20-17-14-11-8-5-2)59-54-51-48-45-42-39-36-33-30-27-24-21-18-15-12-9-6-3/h49-54H,4-48H2,1-3H3/b52-49+,53-50+,54-51+. The molecular formula is C54H105O3PS. The Hall–Kier alpha value is -0.600. The molecular weight excluding hydrogens is 760 g/mol. The van der Waals surface area contributed by atoms with Crippen molar-refractivity contribution in [1.29, 1.82) is 0 Å². The van der Waals surface area contributed by atoms with Crippen molar-refractivity contribution in [3.05, 3.63) is 36.2 Å². The largest absolute Gasteiger partial charge is 0.495 e. The van der Waals surface area contributed by atoms with Gasteiger partial charge in [-0.3, -0.25) is 0 Å². The summed E-state index contributed by atoms with van der Waals surface area (Å²) in [6, 6.07) is 0. The Kier molecular flexibility index (Phi) is 51.2. The minimum atomic E-state index is -3.33. The average Bonchev–Trinajstić information content (AvgIpc) is 3.24. The highest BCUT2D eigenvalue weighted by Gasteiger charge is 2.24. The lowest BCUT2D eigenvalue weighted by atomic mass is 10.0. The molecule has 0 N–H and O–H groups in total. The summed E-state index contributed by atoms with van der Waals surface area (Å²) in [5, 5.41) is 1.95. The first kappa shape index (κ1) is 58.4. The van der Waals surface area contributed by atoms with Gasteiger partial charge in [0.1, 0.15) is 0 Å². The van der Waals surface area contributed by atoms with Crippen molar-refractivity contribution in [3.63, 3.8) is 0 Å². The summed E-state index contributed by atoms with van der Waals surface area (Å²) >= 11 is 1.22. The Morgan fingerprint density at radius 3 is 0.746 bits per heavy atom. The molecule has 0 aromatic heterocycles. The molecule has 350 valence electrons. The van der Waals surface area contributed by atoms with Gasteiger partial charge in [-0.1, -0.05) is 277 Å².